The standard InChI is InChI=1S/C67H38O/c1-2-16-44-39(15-1)31-33-55-56-37-42(32-34-61(56)68-66(44)55)63-52-24-8-6-22-50(52)62(51-23-7-9-25-53(51)63)41-30-29-40-36-57-60(38-43(40)35-41)67(58-27-13-11-19-47(58)48-20-12-14-28-59(48)67)65-54-26-10-4-18-46(54)45-17-3-5-21-49(45)64(57)65/h1-38H. The van der Waals surface area contributed by atoms with E-state index in [-0.39, 0.29) is 0 Å². The van der Waals surface area contributed by atoms with Crippen LogP contribution in [0.3, 0.4) is 0 Å². The van der Waals surface area contributed by atoms with Crippen LogP contribution in [0.25, 0.3) is 131 Å². The highest BCUT2D eigenvalue weighted by molar-refractivity contribution is 6.24. The average molecular weight is 859 g/mol. The summed E-state index contributed by atoms with van der Waals surface area (Å²) in [5, 5.41) is 17.3. The minimum Gasteiger partial charge on any atom is -0.455 e. The molecule has 1 nitrogen and oxygen atoms in total. The molecule has 13 aromatic carbocycles. The van der Waals surface area contributed by atoms with Crippen molar-refractivity contribution in [1.82, 2.24) is 0 Å². The van der Waals surface area contributed by atoms with Crippen LogP contribution in [0.1, 0.15) is 22.3 Å². The van der Waals surface area contributed by atoms with E-state index >= 15 is 0 Å². The van der Waals surface area contributed by atoms with Crippen LogP contribution in [-0.4, -0.2) is 0 Å². The predicted molar refractivity (Wildman–Crippen MR) is 286 cm³/mol. The van der Waals surface area contributed by atoms with Crippen molar-refractivity contribution >= 4 is 86.6 Å². The first-order valence-corrected chi connectivity index (χ1v) is 23.7. The van der Waals surface area contributed by atoms with E-state index in [0.717, 1.165) is 27.3 Å². The number of benzene rings is 13. The molecule has 0 fully saturated rings. The quantitative estimate of drug-likeness (QED) is 0.125. The SMILES string of the molecule is c1ccc2c(c1)-c1ccccc1C21c2cc3cc(-c4c5ccccc5c(-c5ccc6oc7c8ccccc8ccc7c6c5)c5ccccc45)ccc3cc2-c2c1c1ccccc1c1ccccc21. The minimum absolute atomic E-state index is 0.499. The summed E-state index contributed by atoms with van der Waals surface area (Å²) >= 11 is 0. The topological polar surface area (TPSA) is 13.1 Å². The normalized spacial score (nSPS) is 13.4. The lowest BCUT2D eigenvalue weighted by Gasteiger charge is -2.32. The van der Waals surface area contributed by atoms with Gasteiger partial charge in [-0.05, 0) is 162 Å². The van der Waals surface area contributed by atoms with Crippen molar-refractivity contribution in [3.05, 3.63) is 253 Å². The van der Waals surface area contributed by atoms with Gasteiger partial charge < -0.3 is 4.42 Å². The van der Waals surface area contributed by atoms with Gasteiger partial charge >= 0.3 is 0 Å². The molecule has 2 aliphatic rings. The van der Waals surface area contributed by atoms with Gasteiger partial charge in [0.1, 0.15) is 11.2 Å². The number of hydrogen-bond acceptors (Lipinski definition) is 1. The summed E-state index contributed by atoms with van der Waals surface area (Å²) < 4.78 is 6.59. The highest BCUT2D eigenvalue weighted by atomic mass is 16.3. The van der Waals surface area contributed by atoms with Gasteiger partial charge in [0.05, 0.1) is 5.41 Å². The molecular formula is C67H38O. The Morgan fingerprint density at radius 3 is 1.43 bits per heavy atom. The Morgan fingerprint density at radius 1 is 0.265 bits per heavy atom. The average Bonchev–Trinajstić information content (AvgIpc) is 4.03. The van der Waals surface area contributed by atoms with E-state index in [1.807, 2.05) is 0 Å². The zero-order chi connectivity index (χ0) is 44.2. The molecule has 1 spiro atoms. The Bertz CT molecular complexity index is 4460. The molecule has 0 saturated carbocycles. The Labute approximate surface area is 391 Å². The second kappa shape index (κ2) is 13.2. The van der Waals surface area contributed by atoms with Crippen molar-refractivity contribution in [3.63, 3.8) is 0 Å². The van der Waals surface area contributed by atoms with Gasteiger partial charge in [-0.15, -0.1) is 0 Å². The Morgan fingerprint density at radius 2 is 0.765 bits per heavy atom. The molecule has 0 saturated heterocycles. The summed E-state index contributed by atoms with van der Waals surface area (Å²) in [7, 11) is 0. The van der Waals surface area contributed by atoms with Crippen LogP contribution in [0.5, 0.6) is 0 Å². The predicted octanol–water partition coefficient (Wildman–Crippen LogP) is 18.2. The highest BCUT2D eigenvalue weighted by Gasteiger charge is 2.53. The fourth-order valence-electron chi connectivity index (χ4n) is 13.1. The molecule has 0 N–H and O–H groups in total. The molecule has 2 aliphatic carbocycles. The summed E-state index contributed by atoms with van der Waals surface area (Å²) in [5.74, 6) is 0. The second-order valence-electron chi connectivity index (χ2n) is 19.0. The first-order chi connectivity index (χ1) is 33.7. The van der Waals surface area contributed by atoms with E-state index in [1.54, 1.807) is 0 Å². The molecule has 1 heterocycles. The first-order valence-electron chi connectivity index (χ1n) is 23.7. The lowest BCUT2D eigenvalue weighted by atomic mass is 9.69. The smallest absolute Gasteiger partial charge is 0.143 e. The molecule has 0 unspecified atom stereocenters. The fraction of sp³-hybridized carbons (Fsp3) is 0.0149. The molecule has 16 rings (SSSR count). The lowest BCUT2D eigenvalue weighted by molar-refractivity contribution is 0.672. The van der Waals surface area contributed by atoms with E-state index < -0.39 is 5.41 Å². The maximum atomic E-state index is 6.59. The van der Waals surface area contributed by atoms with Crippen molar-refractivity contribution in [2.75, 3.05) is 0 Å². The zero-order valence-corrected chi connectivity index (χ0v) is 36.8. The third-order valence-electron chi connectivity index (χ3n) is 15.8. The van der Waals surface area contributed by atoms with Crippen molar-refractivity contribution in [1.29, 1.82) is 0 Å². The highest BCUT2D eigenvalue weighted by Crippen LogP contribution is 2.66. The summed E-state index contributed by atoms with van der Waals surface area (Å²) in [6, 6.07) is 86.5. The Kier molecular flexibility index (Phi) is 7.07. The largest absolute Gasteiger partial charge is 0.455 e. The van der Waals surface area contributed by atoms with Crippen LogP contribution in [0.15, 0.2) is 235 Å². The van der Waals surface area contributed by atoms with Crippen molar-refractivity contribution in [2.24, 2.45) is 0 Å². The number of rotatable bonds is 2. The molecule has 0 radical (unpaired) electrons. The minimum atomic E-state index is -0.499. The van der Waals surface area contributed by atoms with Crippen LogP contribution < -0.4 is 0 Å². The van der Waals surface area contributed by atoms with E-state index in [9.17, 15) is 0 Å². The molecule has 14 aromatic rings. The summed E-state index contributed by atoms with van der Waals surface area (Å²) in [4.78, 5) is 0. The molecular weight excluding hydrogens is 821 g/mol. The lowest BCUT2D eigenvalue weighted by Crippen LogP contribution is -2.26. The summed E-state index contributed by atoms with van der Waals surface area (Å²) in [5.41, 5.74) is 17.1. The van der Waals surface area contributed by atoms with Crippen LogP contribution in [0, 0.1) is 0 Å². The summed E-state index contributed by atoms with van der Waals surface area (Å²) in [6.45, 7) is 0. The second-order valence-corrected chi connectivity index (χ2v) is 19.0. The molecule has 0 amide bonds. The molecule has 1 aromatic heterocycles. The third kappa shape index (κ3) is 4.56. The van der Waals surface area contributed by atoms with Gasteiger partial charge in [0.2, 0.25) is 0 Å². The van der Waals surface area contributed by atoms with Crippen molar-refractivity contribution < 1.29 is 4.42 Å². The maximum Gasteiger partial charge on any atom is 0.143 e. The molecule has 1 heteroatoms. The van der Waals surface area contributed by atoms with Gasteiger partial charge in [-0.3, -0.25) is 0 Å². The van der Waals surface area contributed by atoms with E-state index in [2.05, 4.69) is 231 Å². The van der Waals surface area contributed by atoms with Crippen molar-refractivity contribution in [3.8, 4) is 44.5 Å². The monoisotopic (exact) mass is 858 g/mol. The fourth-order valence-corrected chi connectivity index (χ4v) is 13.1. The van der Waals surface area contributed by atoms with Crippen LogP contribution in [0.4, 0.5) is 0 Å². The van der Waals surface area contributed by atoms with Crippen LogP contribution in [-0.2, 0) is 5.41 Å². The third-order valence-corrected chi connectivity index (χ3v) is 15.8. The molecule has 0 atom stereocenters. The summed E-state index contributed by atoms with van der Waals surface area (Å²) in [6.07, 6.45) is 0. The number of hydrogen-bond donors (Lipinski definition) is 0. The van der Waals surface area contributed by atoms with Gasteiger partial charge in [-0.25, -0.2) is 0 Å². The molecule has 0 aliphatic heterocycles. The molecule has 0 bridgehead atoms. The van der Waals surface area contributed by atoms with Crippen LogP contribution in [0.2, 0.25) is 0 Å². The van der Waals surface area contributed by atoms with Crippen molar-refractivity contribution in [2.45, 2.75) is 5.41 Å². The van der Waals surface area contributed by atoms with Crippen LogP contribution >= 0.6 is 0 Å². The Balaban J connectivity index is 0.963. The number of fused-ring (bicyclic) bond motifs is 23. The molecule has 312 valence electrons. The zero-order valence-electron chi connectivity index (χ0n) is 36.8. The molecule has 68 heavy (non-hydrogen) atoms. The van der Waals surface area contributed by atoms with E-state index in [0.29, 0.717) is 0 Å². The van der Waals surface area contributed by atoms with Gasteiger partial charge in [0.15, 0.2) is 0 Å². The first kappa shape index (κ1) is 36.4. The van der Waals surface area contributed by atoms with E-state index in [1.165, 1.54) is 126 Å². The van der Waals surface area contributed by atoms with Gasteiger partial charge in [-0.1, -0.05) is 194 Å². The Hall–Kier alpha value is -8.78. The van der Waals surface area contributed by atoms with E-state index in [4.69, 9.17) is 4.42 Å². The van der Waals surface area contributed by atoms with Gasteiger partial charge in [-0.2, -0.15) is 0 Å². The van der Waals surface area contributed by atoms with Gasteiger partial charge in [0.25, 0.3) is 0 Å². The number of furan rings is 1. The van der Waals surface area contributed by atoms with Gasteiger partial charge in [0, 0.05) is 16.2 Å². The maximum absolute atomic E-state index is 6.59.